The second kappa shape index (κ2) is 12.4. The first kappa shape index (κ1) is 33.9. The van der Waals surface area contributed by atoms with Crippen LogP contribution in [0, 0.1) is 5.92 Å². The van der Waals surface area contributed by atoms with Crippen LogP contribution in [0.4, 0.5) is 5.82 Å². The fourth-order valence-electron chi connectivity index (χ4n) is 5.00. The Morgan fingerprint density at radius 1 is 1.12 bits per heavy atom. The normalized spacial score (nSPS) is 21.8. The summed E-state index contributed by atoms with van der Waals surface area (Å²) in [6, 6.07) is 9.05. The Hall–Kier alpha value is -1.97. The summed E-state index contributed by atoms with van der Waals surface area (Å²) in [4.78, 5) is 38.0. The molecule has 43 heavy (non-hydrogen) atoms. The Morgan fingerprint density at radius 3 is 2.35 bits per heavy atom. The van der Waals surface area contributed by atoms with Crippen LogP contribution < -0.4 is 5.32 Å². The van der Waals surface area contributed by atoms with Crippen molar-refractivity contribution < 1.29 is 18.8 Å². The Labute approximate surface area is 266 Å². The molecule has 0 spiro atoms. The van der Waals surface area contributed by atoms with E-state index in [9.17, 15) is 9.59 Å². The van der Waals surface area contributed by atoms with Crippen LogP contribution in [0.2, 0.25) is 41.5 Å². The minimum absolute atomic E-state index is 0.0315. The highest BCUT2D eigenvalue weighted by atomic mass is 35.5. The van der Waals surface area contributed by atoms with E-state index >= 15 is 0 Å². The van der Waals surface area contributed by atoms with Crippen LogP contribution in [0.1, 0.15) is 56.8 Å². The highest BCUT2D eigenvalue weighted by molar-refractivity contribution is 8.00. The van der Waals surface area contributed by atoms with Crippen molar-refractivity contribution in [3.63, 3.8) is 0 Å². The number of rotatable bonds is 10. The van der Waals surface area contributed by atoms with Crippen molar-refractivity contribution in [2.24, 2.45) is 5.92 Å². The molecular formula is C30H46ClN5O4SSi2. The fourth-order valence-corrected chi connectivity index (χ4v) is 9.03. The molecule has 4 atom stereocenters. The summed E-state index contributed by atoms with van der Waals surface area (Å²) in [5.74, 6) is 0.153. The van der Waals surface area contributed by atoms with Crippen LogP contribution in [-0.4, -0.2) is 71.9 Å². The fraction of sp³-hybridized carbons (Fsp3) is 0.600. The summed E-state index contributed by atoms with van der Waals surface area (Å²) in [5.41, 5.74) is 1.77. The third kappa shape index (κ3) is 7.14. The molecule has 1 aliphatic rings. The molecule has 2 N–H and O–H groups in total. The van der Waals surface area contributed by atoms with Crippen molar-refractivity contribution in [2.75, 3.05) is 19.0 Å². The van der Waals surface area contributed by atoms with Gasteiger partial charge in [-0.3, -0.25) is 0 Å². The third-order valence-corrected chi connectivity index (χ3v) is 19.2. The highest BCUT2D eigenvalue weighted by Crippen LogP contribution is 2.56. The lowest BCUT2D eigenvalue weighted by atomic mass is 9.89. The lowest BCUT2D eigenvalue weighted by Gasteiger charge is -2.44. The van der Waals surface area contributed by atoms with E-state index in [0.717, 1.165) is 0 Å². The average molecular weight is 664 g/mol. The quantitative estimate of drug-likeness (QED) is 0.130. The van der Waals surface area contributed by atoms with Gasteiger partial charge in [0.05, 0.1) is 28.6 Å². The first-order valence-electron chi connectivity index (χ1n) is 14.7. The number of halogens is 1. The van der Waals surface area contributed by atoms with E-state index < -0.39 is 16.6 Å². The lowest BCUT2D eigenvalue weighted by molar-refractivity contribution is 0.0398. The molecule has 0 radical (unpaired) electrons. The van der Waals surface area contributed by atoms with Crippen LogP contribution in [0.5, 0.6) is 0 Å². The van der Waals surface area contributed by atoms with E-state index in [-0.39, 0.29) is 50.6 Å². The first-order valence-corrected chi connectivity index (χ1v) is 21.9. The van der Waals surface area contributed by atoms with Crippen molar-refractivity contribution in [3.8, 4) is 0 Å². The molecule has 9 nitrogen and oxygen atoms in total. The number of hydrogen-bond donors (Lipinski definition) is 2. The topological polar surface area (TPSA) is 111 Å². The van der Waals surface area contributed by atoms with Gasteiger partial charge < -0.3 is 23.8 Å². The zero-order valence-corrected chi connectivity index (χ0v) is 30.5. The molecule has 4 unspecified atom stereocenters. The number of fused-ring (bicyclic) bond motifs is 1. The van der Waals surface area contributed by atoms with Crippen LogP contribution in [0.25, 0.3) is 11.2 Å². The van der Waals surface area contributed by atoms with E-state index in [1.165, 1.54) is 0 Å². The summed E-state index contributed by atoms with van der Waals surface area (Å²) >= 11 is 8.08. The zero-order chi connectivity index (χ0) is 32.0. The van der Waals surface area contributed by atoms with Gasteiger partial charge in [0.25, 0.3) is 0 Å². The maximum atomic E-state index is 13.0. The molecule has 1 aliphatic heterocycles. The van der Waals surface area contributed by atoms with Gasteiger partial charge in [0.2, 0.25) is 5.28 Å². The number of hydrogen-bond acceptors (Lipinski definition) is 9. The van der Waals surface area contributed by atoms with Crippen molar-refractivity contribution in [3.05, 3.63) is 47.5 Å². The molecule has 3 aromatic rings. The van der Waals surface area contributed by atoms with Crippen LogP contribution in [-0.2, 0) is 9.16 Å². The lowest BCUT2D eigenvalue weighted by Crippen LogP contribution is -2.49. The van der Waals surface area contributed by atoms with Crippen LogP contribution in [0.3, 0.4) is 0 Å². The van der Waals surface area contributed by atoms with E-state index in [2.05, 4.69) is 72.5 Å². The number of imidazole rings is 1. The van der Waals surface area contributed by atoms with Crippen molar-refractivity contribution >= 4 is 62.9 Å². The summed E-state index contributed by atoms with van der Waals surface area (Å²) in [7, 11) is -3.09. The Bertz CT molecular complexity index is 1440. The Morgan fingerprint density at radius 2 is 1.77 bits per heavy atom. The average Bonchev–Trinajstić information content (AvgIpc) is 3.46. The molecule has 1 saturated heterocycles. The van der Waals surface area contributed by atoms with E-state index in [1.807, 2.05) is 31.3 Å². The SMILES string of the molecule is CNc1nc(Cl)nc2c1ncn2C1SC(COC(=O)c2ccccc2)C(O[Si](C)(C)C(C)(C)C)C1CC(C)(C)[Si](C)(C)O. The molecular weight excluding hydrogens is 618 g/mol. The molecule has 236 valence electrons. The summed E-state index contributed by atoms with van der Waals surface area (Å²) in [6.45, 7) is 19.7. The smallest absolute Gasteiger partial charge is 0.338 e. The predicted molar refractivity (Wildman–Crippen MR) is 181 cm³/mol. The van der Waals surface area contributed by atoms with Gasteiger partial charge in [-0.2, -0.15) is 9.97 Å². The van der Waals surface area contributed by atoms with Crippen LogP contribution >= 0.6 is 23.4 Å². The number of aromatic nitrogens is 4. The number of nitrogens with one attached hydrogen (secondary N) is 1. The number of carbonyl (C=O) groups is 1. The minimum atomic E-state index is -2.59. The highest BCUT2D eigenvalue weighted by Gasteiger charge is 2.54. The second-order valence-electron chi connectivity index (χ2n) is 14.1. The number of carbonyl (C=O) groups excluding carboxylic acids is 1. The molecule has 3 heterocycles. The van der Waals surface area contributed by atoms with Gasteiger partial charge >= 0.3 is 5.97 Å². The maximum Gasteiger partial charge on any atom is 0.338 e. The molecule has 0 amide bonds. The van der Waals surface area contributed by atoms with E-state index in [0.29, 0.717) is 29.0 Å². The van der Waals surface area contributed by atoms with Gasteiger partial charge in [-0.05, 0) is 66.4 Å². The van der Waals surface area contributed by atoms with E-state index in [4.69, 9.17) is 20.8 Å². The molecule has 4 rings (SSSR count). The standard InChI is InChI=1S/C30H46ClN5O4SSi2/c1-29(2,3)43(9,10)40-23-20(16-30(4,5)42(7,8)38)26(36-18-33-22-24(32-6)34-28(31)35-25(22)36)41-21(23)17-39-27(37)19-14-12-11-13-15-19/h11-15,18,20-21,23,26,38H,16-17H2,1-10H3,(H,32,34,35). The zero-order valence-electron chi connectivity index (χ0n) is 26.9. The number of benzene rings is 1. The Balaban J connectivity index is 1.81. The summed E-state index contributed by atoms with van der Waals surface area (Å²) < 4.78 is 15.3. The summed E-state index contributed by atoms with van der Waals surface area (Å²) in [6.07, 6.45) is 2.26. The van der Waals surface area contributed by atoms with Gasteiger partial charge in [-0.15, -0.1) is 11.8 Å². The molecule has 0 aliphatic carbocycles. The Kier molecular flexibility index (Phi) is 9.81. The monoisotopic (exact) mass is 663 g/mol. The third-order valence-electron chi connectivity index (χ3n) is 9.40. The van der Waals surface area contributed by atoms with Gasteiger partial charge in [0.15, 0.2) is 33.6 Å². The predicted octanol–water partition coefficient (Wildman–Crippen LogP) is 7.37. The number of esters is 1. The van der Waals surface area contributed by atoms with Gasteiger partial charge in [0, 0.05) is 13.0 Å². The van der Waals surface area contributed by atoms with Gasteiger partial charge in [0.1, 0.15) is 6.61 Å². The van der Waals surface area contributed by atoms with Crippen molar-refractivity contribution in [1.29, 1.82) is 0 Å². The molecule has 2 aromatic heterocycles. The number of thioether (sulfide) groups is 1. The molecule has 0 saturated carbocycles. The van der Waals surface area contributed by atoms with Gasteiger partial charge in [-0.25, -0.2) is 9.78 Å². The number of anilines is 1. The second-order valence-corrected chi connectivity index (χ2v) is 25.0. The minimum Gasteiger partial charge on any atom is -0.461 e. The van der Waals surface area contributed by atoms with E-state index in [1.54, 1.807) is 37.3 Å². The first-order chi connectivity index (χ1) is 19.9. The number of ether oxygens (including phenoxy) is 1. The van der Waals surface area contributed by atoms with Crippen molar-refractivity contribution in [1.82, 2.24) is 19.5 Å². The molecule has 0 bridgehead atoms. The maximum absolute atomic E-state index is 13.0. The van der Waals surface area contributed by atoms with Crippen molar-refractivity contribution in [2.45, 2.75) is 94.0 Å². The summed E-state index contributed by atoms with van der Waals surface area (Å²) in [5, 5.41) is 2.52. The van der Waals surface area contributed by atoms with Crippen LogP contribution in [0.15, 0.2) is 36.7 Å². The largest absolute Gasteiger partial charge is 0.461 e. The number of nitrogens with zero attached hydrogens (tertiary/aromatic N) is 4. The molecule has 1 aromatic carbocycles. The molecule has 13 heteroatoms. The van der Waals surface area contributed by atoms with Gasteiger partial charge in [-0.1, -0.05) is 52.8 Å². The molecule has 1 fully saturated rings.